The fourth-order valence-corrected chi connectivity index (χ4v) is 3.15. The van der Waals surface area contributed by atoms with Crippen molar-refractivity contribution in [1.29, 1.82) is 0 Å². The van der Waals surface area contributed by atoms with E-state index in [0.717, 1.165) is 12.1 Å². The second kappa shape index (κ2) is 8.13. The van der Waals surface area contributed by atoms with Crippen LogP contribution in [-0.2, 0) is 0 Å². The zero-order valence-electron chi connectivity index (χ0n) is 12.1. The summed E-state index contributed by atoms with van der Waals surface area (Å²) in [4.78, 5) is 2.64. The van der Waals surface area contributed by atoms with E-state index in [2.05, 4.69) is 22.5 Å². The fourth-order valence-electron chi connectivity index (χ4n) is 3.15. The van der Waals surface area contributed by atoms with E-state index in [0.29, 0.717) is 0 Å². The van der Waals surface area contributed by atoms with Gasteiger partial charge in [-0.3, -0.25) is 0 Å². The minimum absolute atomic E-state index is 0.733. The molecule has 18 heavy (non-hydrogen) atoms. The average Bonchev–Trinajstić information content (AvgIpc) is 2.45. The Bertz CT molecular complexity index is 206. The van der Waals surface area contributed by atoms with Crippen LogP contribution in [0, 0.1) is 0 Å². The van der Waals surface area contributed by atoms with Crippen molar-refractivity contribution in [1.82, 2.24) is 15.5 Å². The topological polar surface area (TPSA) is 27.3 Å². The van der Waals surface area contributed by atoms with E-state index in [1.807, 2.05) is 0 Å². The first kappa shape index (κ1) is 14.3. The lowest BCUT2D eigenvalue weighted by Crippen LogP contribution is -2.48. The lowest BCUT2D eigenvalue weighted by molar-refractivity contribution is 0.192. The van der Waals surface area contributed by atoms with Gasteiger partial charge in [-0.25, -0.2) is 0 Å². The van der Waals surface area contributed by atoms with Gasteiger partial charge in [0, 0.05) is 18.6 Å². The molecule has 0 radical (unpaired) electrons. The molecule has 1 unspecified atom stereocenters. The molecule has 2 fully saturated rings. The van der Waals surface area contributed by atoms with E-state index in [-0.39, 0.29) is 0 Å². The van der Waals surface area contributed by atoms with Gasteiger partial charge in [0.2, 0.25) is 0 Å². The fraction of sp³-hybridized carbons (Fsp3) is 1.00. The number of unbranched alkanes of at least 4 members (excludes halogenated alkanes) is 1. The van der Waals surface area contributed by atoms with Gasteiger partial charge in [-0.2, -0.15) is 0 Å². The van der Waals surface area contributed by atoms with Gasteiger partial charge < -0.3 is 15.5 Å². The quantitative estimate of drug-likeness (QED) is 0.758. The normalized spacial score (nSPS) is 27.5. The van der Waals surface area contributed by atoms with Crippen molar-refractivity contribution in [3.8, 4) is 0 Å². The number of rotatable bonds is 6. The SMILES string of the molecule is CCCCN1CCC(NCC2CCCCN2)CC1. The molecule has 0 aromatic heterocycles. The molecular weight excluding hydrogens is 222 g/mol. The van der Waals surface area contributed by atoms with Crippen molar-refractivity contribution in [2.45, 2.75) is 64.0 Å². The van der Waals surface area contributed by atoms with Gasteiger partial charge >= 0.3 is 0 Å². The summed E-state index contributed by atoms with van der Waals surface area (Å²) in [6.45, 7) is 8.60. The van der Waals surface area contributed by atoms with Gasteiger partial charge in [-0.1, -0.05) is 19.8 Å². The van der Waals surface area contributed by atoms with E-state index < -0.39 is 0 Å². The molecule has 2 heterocycles. The highest BCUT2D eigenvalue weighted by Crippen LogP contribution is 2.12. The Labute approximate surface area is 113 Å². The molecule has 2 N–H and O–H groups in total. The van der Waals surface area contributed by atoms with Crippen LogP contribution < -0.4 is 10.6 Å². The van der Waals surface area contributed by atoms with Crippen LogP contribution in [0.4, 0.5) is 0 Å². The highest BCUT2D eigenvalue weighted by Gasteiger charge is 2.20. The third-order valence-electron chi connectivity index (χ3n) is 4.48. The predicted molar refractivity (Wildman–Crippen MR) is 78.0 cm³/mol. The van der Waals surface area contributed by atoms with Crippen LogP contribution >= 0.6 is 0 Å². The second-order valence-electron chi connectivity index (χ2n) is 6.02. The Hall–Kier alpha value is -0.120. The van der Waals surface area contributed by atoms with Crippen LogP contribution in [-0.4, -0.2) is 49.7 Å². The largest absolute Gasteiger partial charge is 0.313 e. The lowest BCUT2D eigenvalue weighted by Gasteiger charge is -2.34. The highest BCUT2D eigenvalue weighted by atomic mass is 15.1. The first-order valence-corrected chi connectivity index (χ1v) is 8.07. The maximum Gasteiger partial charge on any atom is 0.0192 e. The molecule has 0 amide bonds. The molecule has 0 aromatic rings. The van der Waals surface area contributed by atoms with Crippen molar-refractivity contribution in [3.63, 3.8) is 0 Å². The van der Waals surface area contributed by atoms with Gasteiger partial charge in [-0.05, 0) is 58.3 Å². The van der Waals surface area contributed by atoms with Gasteiger partial charge in [-0.15, -0.1) is 0 Å². The molecule has 2 saturated heterocycles. The lowest BCUT2D eigenvalue weighted by atomic mass is 10.0. The maximum absolute atomic E-state index is 3.78. The Morgan fingerprint density at radius 2 is 2.00 bits per heavy atom. The first-order chi connectivity index (χ1) is 8.88. The van der Waals surface area contributed by atoms with E-state index in [1.165, 1.54) is 77.7 Å². The minimum atomic E-state index is 0.733. The molecule has 0 saturated carbocycles. The van der Waals surface area contributed by atoms with Crippen LogP contribution in [0.1, 0.15) is 51.9 Å². The zero-order valence-corrected chi connectivity index (χ0v) is 12.1. The number of piperidine rings is 2. The van der Waals surface area contributed by atoms with E-state index >= 15 is 0 Å². The van der Waals surface area contributed by atoms with Gasteiger partial charge in [0.05, 0.1) is 0 Å². The Morgan fingerprint density at radius 3 is 2.67 bits per heavy atom. The zero-order chi connectivity index (χ0) is 12.6. The molecule has 3 nitrogen and oxygen atoms in total. The minimum Gasteiger partial charge on any atom is -0.313 e. The van der Waals surface area contributed by atoms with E-state index in [4.69, 9.17) is 0 Å². The number of nitrogens with zero attached hydrogens (tertiary/aromatic N) is 1. The molecule has 106 valence electrons. The van der Waals surface area contributed by atoms with Crippen LogP contribution in [0.5, 0.6) is 0 Å². The molecule has 0 bridgehead atoms. The van der Waals surface area contributed by atoms with Crippen molar-refractivity contribution >= 4 is 0 Å². The molecule has 2 aliphatic rings. The van der Waals surface area contributed by atoms with Crippen LogP contribution in [0.15, 0.2) is 0 Å². The molecule has 0 spiro atoms. The standard InChI is InChI=1S/C15H31N3/c1-2-3-10-18-11-7-14(8-12-18)17-13-15-6-4-5-9-16-15/h14-17H,2-13H2,1H3. The first-order valence-electron chi connectivity index (χ1n) is 8.07. The highest BCUT2D eigenvalue weighted by molar-refractivity contribution is 4.81. The molecule has 2 rings (SSSR count). The van der Waals surface area contributed by atoms with Crippen LogP contribution in [0.3, 0.4) is 0 Å². The van der Waals surface area contributed by atoms with Gasteiger partial charge in [0.15, 0.2) is 0 Å². The summed E-state index contributed by atoms with van der Waals surface area (Å²) in [5.74, 6) is 0. The van der Waals surface area contributed by atoms with Crippen molar-refractivity contribution in [3.05, 3.63) is 0 Å². The third kappa shape index (κ3) is 4.87. The summed E-state index contributed by atoms with van der Waals surface area (Å²) in [6, 6.07) is 1.50. The number of hydrogen-bond donors (Lipinski definition) is 2. The average molecular weight is 253 g/mol. The van der Waals surface area contributed by atoms with E-state index in [9.17, 15) is 0 Å². The molecule has 1 atom stereocenters. The van der Waals surface area contributed by atoms with Gasteiger partial charge in [0.1, 0.15) is 0 Å². The molecular formula is C15H31N3. The molecule has 3 heteroatoms. The Morgan fingerprint density at radius 1 is 1.17 bits per heavy atom. The van der Waals surface area contributed by atoms with Crippen molar-refractivity contribution < 1.29 is 0 Å². The predicted octanol–water partition coefficient (Wildman–Crippen LogP) is 1.98. The number of nitrogens with one attached hydrogen (secondary N) is 2. The Kier molecular flexibility index (Phi) is 6.46. The maximum atomic E-state index is 3.78. The van der Waals surface area contributed by atoms with E-state index in [1.54, 1.807) is 0 Å². The van der Waals surface area contributed by atoms with Crippen LogP contribution in [0.25, 0.3) is 0 Å². The summed E-state index contributed by atoms with van der Waals surface area (Å²) in [5.41, 5.74) is 0. The second-order valence-corrected chi connectivity index (χ2v) is 6.02. The third-order valence-corrected chi connectivity index (χ3v) is 4.48. The smallest absolute Gasteiger partial charge is 0.0192 e. The summed E-state index contributed by atoms with van der Waals surface area (Å²) in [7, 11) is 0. The number of likely N-dealkylation sites (tertiary alicyclic amines) is 1. The van der Waals surface area contributed by atoms with Crippen LogP contribution in [0.2, 0.25) is 0 Å². The van der Waals surface area contributed by atoms with Crippen molar-refractivity contribution in [2.75, 3.05) is 32.7 Å². The summed E-state index contributed by atoms with van der Waals surface area (Å²) in [5, 5.41) is 7.40. The van der Waals surface area contributed by atoms with Crippen molar-refractivity contribution in [2.24, 2.45) is 0 Å². The molecule has 0 aromatic carbocycles. The summed E-state index contributed by atoms with van der Waals surface area (Å²) >= 11 is 0. The number of hydrogen-bond acceptors (Lipinski definition) is 3. The summed E-state index contributed by atoms with van der Waals surface area (Å²) < 4.78 is 0. The molecule has 2 aliphatic heterocycles. The van der Waals surface area contributed by atoms with Gasteiger partial charge in [0.25, 0.3) is 0 Å². The summed E-state index contributed by atoms with van der Waals surface area (Å²) in [6.07, 6.45) is 9.52. The monoisotopic (exact) mass is 253 g/mol. The molecule has 0 aliphatic carbocycles. The Balaban J connectivity index is 1.55.